The van der Waals surface area contributed by atoms with Crippen molar-refractivity contribution in [3.05, 3.63) is 72.3 Å². The van der Waals surface area contributed by atoms with Crippen molar-refractivity contribution in [2.45, 2.75) is 0 Å². The van der Waals surface area contributed by atoms with Crippen LogP contribution >= 0.6 is 0 Å². The highest BCUT2D eigenvalue weighted by Gasteiger charge is 2.19. The second-order valence-corrected chi connectivity index (χ2v) is 5.22. The summed E-state index contributed by atoms with van der Waals surface area (Å²) in [6.45, 7) is 0. The lowest BCUT2D eigenvalue weighted by molar-refractivity contribution is 0.0693. The number of ether oxygens (including phenoxy) is 2. The van der Waals surface area contributed by atoms with Crippen molar-refractivity contribution in [2.24, 2.45) is 0 Å². The van der Waals surface area contributed by atoms with E-state index in [1.807, 2.05) is 0 Å². The highest BCUT2D eigenvalue weighted by atomic mass is 16.5. The second-order valence-electron chi connectivity index (χ2n) is 5.22. The van der Waals surface area contributed by atoms with Crippen LogP contribution in [0.4, 0.5) is 11.4 Å². The number of nitrogen functional groups attached to an aromatic ring is 2. The van der Waals surface area contributed by atoms with Crippen LogP contribution in [-0.2, 0) is 0 Å². The average molecular weight is 336 g/mol. The van der Waals surface area contributed by atoms with E-state index in [-0.39, 0.29) is 17.1 Å². The van der Waals surface area contributed by atoms with Gasteiger partial charge in [-0.2, -0.15) is 0 Å². The van der Waals surface area contributed by atoms with Gasteiger partial charge in [-0.1, -0.05) is 30.3 Å². The fourth-order valence-corrected chi connectivity index (χ4v) is 2.25. The zero-order valence-corrected chi connectivity index (χ0v) is 13.2. The maximum atomic E-state index is 11.6. The molecule has 3 aromatic carbocycles. The quantitative estimate of drug-likeness (QED) is 0.605. The molecule has 3 aromatic rings. The van der Waals surface area contributed by atoms with E-state index in [1.54, 1.807) is 60.7 Å². The molecule has 5 N–H and O–H groups in total. The lowest BCUT2D eigenvalue weighted by atomic mass is 10.2. The van der Waals surface area contributed by atoms with Gasteiger partial charge >= 0.3 is 5.97 Å². The maximum Gasteiger partial charge on any atom is 0.339 e. The van der Waals surface area contributed by atoms with Gasteiger partial charge in [0.2, 0.25) is 0 Å². The fraction of sp³-hybridized carbons (Fsp3) is 0. The molecule has 0 fully saturated rings. The van der Waals surface area contributed by atoms with Gasteiger partial charge in [0.15, 0.2) is 23.0 Å². The minimum atomic E-state index is -1.14. The molecule has 0 radical (unpaired) electrons. The van der Waals surface area contributed by atoms with Crippen molar-refractivity contribution in [2.75, 3.05) is 11.5 Å². The van der Waals surface area contributed by atoms with Crippen molar-refractivity contribution >= 4 is 17.3 Å². The summed E-state index contributed by atoms with van der Waals surface area (Å²) >= 11 is 0. The molecule has 6 nitrogen and oxygen atoms in total. The number of para-hydroxylation sites is 5. The number of nitrogens with two attached hydrogens (primary N) is 2. The Morgan fingerprint density at radius 2 is 1.24 bits per heavy atom. The third-order valence-electron chi connectivity index (χ3n) is 3.48. The zero-order chi connectivity index (χ0) is 17.8. The first-order valence-corrected chi connectivity index (χ1v) is 7.47. The number of rotatable bonds is 5. The molecule has 126 valence electrons. The SMILES string of the molecule is Nc1ccccc1Oc1cccc(C(=O)O)c1Oc1ccccc1N. The standard InChI is InChI=1S/C19H16N2O4/c20-13-7-1-3-9-15(13)24-17-11-5-6-12(19(22)23)18(17)25-16-10-4-2-8-14(16)21/h1-11H,20-21H2,(H,22,23). The van der Waals surface area contributed by atoms with Crippen LogP contribution in [0.5, 0.6) is 23.0 Å². The molecule has 25 heavy (non-hydrogen) atoms. The van der Waals surface area contributed by atoms with Crippen LogP contribution in [0.3, 0.4) is 0 Å². The molecule has 3 rings (SSSR count). The molecule has 0 aliphatic carbocycles. The number of aromatic carboxylic acids is 1. The van der Waals surface area contributed by atoms with Gasteiger partial charge in [-0.15, -0.1) is 0 Å². The topological polar surface area (TPSA) is 108 Å². The largest absolute Gasteiger partial charge is 0.478 e. The third-order valence-corrected chi connectivity index (χ3v) is 3.48. The predicted octanol–water partition coefficient (Wildman–Crippen LogP) is 4.13. The Labute approximate surface area is 144 Å². The number of carboxylic acids is 1. The average Bonchev–Trinajstić information content (AvgIpc) is 2.60. The minimum absolute atomic E-state index is 0.0461. The summed E-state index contributed by atoms with van der Waals surface area (Å²) in [5, 5.41) is 9.47. The van der Waals surface area contributed by atoms with E-state index in [4.69, 9.17) is 20.9 Å². The summed E-state index contributed by atoms with van der Waals surface area (Å²) in [6.07, 6.45) is 0. The predicted molar refractivity (Wildman–Crippen MR) is 95.3 cm³/mol. The molecule has 6 heteroatoms. The Balaban J connectivity index is 2.06. The van der Waals surface area contributed by atoms with Crippen LogP contribution in [0.25, 0.3) is 0 Å². The van der Waals surface area contributed by atoms with E-state index in [0.717, 1.165) is 0 Å². The Hall–Kier alpha value is -3.67. The van der Waals surface area contributed by atoms with Crippen LogP contribution in [0.2, 0.25) is 0 Å². The Morgan fingerprint density at radius 3 is 1.80 bits per heavy atom. The summed E-state index contributed by atoms with van der Waals surface area (Å²) in [6, 6.07) is 18.3. The normalized spacial score (nSPS) is 10.2. The third kappa shape index (κ3) is 3.48. The number of anilines is 2. The molecule has 0 amide bonds. The fourth-order valence-electron chi connectivity index (χ4n) is 2.25. The van der Waals surface area contributed by atoms with Crippen LogP contribution in [0, 0.1) is 0 Å². The van der Waals surface area contributed by atoms with Gasteiger partial charge in [-0.3, -0.25) is 0 Å². The lowest BCUT2D eigenvalue weighted by Crippen LogP contribution is -2.03. The van der Waals surface area contributed by atoms with Crippen molar-refractivity contribution in [3.63, 3.8) is 0 Å². The lowest BCUT2D eigenvalue weighted by Gasteiger charge is -2.16. The van der Waals surface area contributed by atoms with Gasteiger partial charge in [-0.25, -0.2) is 4.79 Å². The molecule has 0 saturated carbocycles. The Kier molecular flexibility index (Phi) is 4.43. The first kappa shape index (κ1) is 16.2. The van der Waals surface area contributed by atoms with Gasteiger partial charge in [0.25, 0.3) is 0 Å². The highest BCUT2D eigenvalue weighted by molar-refractivity contribution is 5.92. The van der Waals surface area contributed by atoms with E-state index >= 15 is 0 Å². The smallest absolute Gasteiger partial charge is 0.339 e. The molecular weight excluding hydrogens is 320 g/mol. The summed E-state index contributed by atoms with van der Waals surface area (Å²) in [7, 11) is 0. The molecular formula is C19H16N2O4. The van der Waals surface area contributed by atoms with Crippen LogP contribution < -0.4 is 20.9 Å². The number of hydrogen-bond donors (Lipinski definition) is 3. The molecule has 0 unspecified atom stereocenters. The summed E-state index contributed by atoms with van der Waals surface area (Å²) in [5.41, 5.74) is 12.5. The van der Waals surface area contributed by atoms with Gasteiger partial charge in [0.1, 0.15) is 5.56 Å². The first-order chi connectivity index (χ1) is 12.1. The Bertz CT molecular complexity index is 925. The van der Waals surface area contributed by atoms with E-state index in [2.05, 4.69) is 0 Å². The monoisotopic (exact) mass is 336 g/mol. The number of benzene rings is 3. The summed E-state index contributed by atoms with van der Waals surface area (Å²) < 4.78 is 11.6. The maximum absolute atomic E-state index is 11.6. The van der Waals surface area contributed by atoms with Gasteiger partial charge in [-0.05, 0) is 36.4 Å². The summed E-state index contributed by atoms with van der Waals surface area (Å²) in [4.78, 5) is 11.6. The van der Waals surface area contributed by atoms with Crippen LogP contribution in [0.15, 0.2) is 66.7 Å². The number of carbonyl (C=O) groups is 1. The second kappa shape index (κ2) is 6.84. The van der Waals surface area contributed by atoms with Crippen LogP contribution in [-0.4, -0.2) is 11.1 Å². The van der Waals surface area contributed by atoms with Gasteiger partial charge < -0.3 is 26.0 Å². The Morgan fingerprint density at radius 1 is 0.720 bits per heavy atom. The number of carboxylic acid groups (broad SMARTS) is 1. The van der Waals surface area contributed by atoms with Crippen LogP contribution in [0.1, 0.15) is 10.4 Å². The molecule has 0 aromatic heterocycles. The van der Waals surface area contributed by atoms with Gasteiger partial charge in [0, 0.05) is 0 Å². The molecule has 0 heterocycles. The summed E-state index contributed by atoms with van der Waals surface area (Å²) in [5.74, 6) is -0.133. The molecule has 0 spiro atoms. The highest BCUT2D eigenvalue weighted by Crippen LogP contribution is 2.40. The molecule has 0 aliphatic rings. The molecule has 0 atom stereocenters. The van der Waals surface area contributed by atoms with E-state index in [9.17, 15) is 9.90 Å². The van der Waals surface area contributed by atoms with E-state index in [0.29, 0.717) is 22.9 Å². The molecule has 0 saturated heterocycles. The number of hydrogen-bond acceptors (Lipinski definition) is 5. The van der Waals surface area contributed by atoms with E-state index < -0.39 is 5.97 Å². The van der Waals surface area contributed by atoms with Gasteiger partial charge in [0.05, 0.1) is 11.4 Å². The van der Waals surface area contributed by atoms with Crippen molar-refractivity contribution < 1.29 is 19.4 Å². The minimum Gasteiger partial charge on any atom is -0.478 e. The van der Waals surface area contributed by atoms with Crippen molar-refractivity contribution in [3.8, 4) is 23.0 Å². The molecule has 0 bridgehead atoms. The zero-order valence-electron chi connectivity index (χ0n) is 13.2. The molecule has 0 aliphatic heterocycles. The van der Waals surface area contributed by atoms with Crippen molar-refractivity contribution in [1.29, 1.82) is 0 Å². The van der Waals surface area contributed by atoms with Crippen molar-refractivity contribution in [1.82, 2.24) is 0 Å². The first-order valence-electron chi connectivity index (χ1n) is 7.47. The van der Waals surface area contributed by atoms with E-state index in [1.165, 1.54) is 6.07 Å².